The number of amides is 1. The lowest BCUT2D eigenvalue weighted by atomic mass is 9.79. The normalized spacial score (nSPS) is 33.8. The van der Waals surface area contributed by atoms with E-state index in [9.17, 15) is 33.3 Å². The number of carbonyl (C=O) groups excluding carboxylic acids is 1. The van der Waals surface area contributed by atoms with Crippen molar-refractivity contribution >= 4 is 33.8 Å². The number of aliphatic hydroxyl groups is 2. The van der Waals surface area contributed by atoms with Gasteiger partial charge in [-0.1, -0.05) is 6.92 Å². The van der Waals surface area contributed by atoms with E-state index in [0.29, 0.717) is 17.9 Å². The molecule has 3 rings (SSSR count). The Hall–Kier alpha value is -1.22. The number of thioether (sulfide) groups is 1. The predicted octanol–water partition coefficient (Wildman–Crippen LogP) is -2.63. The van der Waals surface area contributed by atoms with Crippen LogP contribution in [0.2, 0.25) is 0 Å². The van der Waals surface area contributed by atoms with Crippen LogP contribution < -0.4 is 15.2 Å². The number of aliphatic hydroxyl groups excluding tert-OH is 2. The zero-order chi connectivity index (χ0) is 20.8. The molecule has 2 fully saturated rings. The molecule has 0 bridgehead atoms. The topological polar surface area (TPSA) is 182 Å². The molecule has 0 radical (unpaired) electrons. The fourth-order valence-electron chi connectivity index (χ4n) is 4.12. The molecule has 3 heterocycles. The second kappa shape index (κ2) is 7.89. The summed E-state index contributed by atoms with van der Waals surface area (Å²) in [7, 11) is -3.78. The molecule has 3 aliphatic rings. The molecule has 6 atom stereocenters. The monoisotopic (exact) mass is 436 g/mol. The van der Waals surface area contributed by atoms with Crippen LogP contribution in [0.25, 0.3) is 0 Å². The Balaban J connectivity index is 1.71. The number of carboxylic acids is 1. The van der Waals surface area contributed by atoms with Crippen LogP contribution in [0.4, 0.5) is 0 Å². The molecular weight excluding hydrogens is 412 g/mol. The van der Waals surface area contributed by atoms with Gasteiger partial charge in [0, 0.05) is 35.2 Å². The van der Waals surface area contributed by atoms with Crippen molar-refractivity contribution in [1.82, 2.24) is 14.9 Å². The molecule has 13 heteroatoms. The summed E-state index contributed by atoms with van der Waals surface area (Å²) in [6.07, 6.45) is -0.630. The number of aliphatic carboxylic acids is 1. The zero-order valence-electron chi connectivity index (χ0n) is 15.1. The number of nitrogens with zero attached hydrogens (tertiary/aromatic N) is 1. The van der Waals surface area contributed by atoms with Gasteiger partial charge in [0.15, 0.2) is 0 Å². The fraction of sp³-hybridized carbons (Fsp3) is 0.733. The maximum atomic E-state index is 12.4. The van der Waals surface area contributed by atoms with E-state index in [1.807, 2.05) is 6.92 Å². The summed E-state index contributed by atoms with van der Waals surface area (Å²) in [4.78, 5) is 26.0. The first kappa shape index (κ1) is 21.5. The third-order valence-corrected chi connectivity index (χ3v) is 7.48. The van der Waals surface area contributed by atoms with E-state index >= 15 is 0 Å². The number of rotatable bonds is 8. The Morgan fingerprint density at radius 2 is 2.18 bits per heavy atom. The highest BCUT2D eigenvalue weighted by Gasteiger charge is 2.60. The average molecular weight is 437 g/mol. The van der Waals surface area contributed by atoms with E-state index in [-0.39, 0.29) is 29.5 Å². The zero-order valence-corrected chi connectivity index (χ0v) is 16.7. The highest BCUT2D eigenvalue weighted by molar-refractivity contribution is 8.03. The van der Waals surface area contributed by atoms with E-state index < -0.39 is 46.8 Å². The molecule has 0 aromatic heterocycles. The van der Waals surface area contributed by atoms with Gasteiger partial charge in [0.1, 0.15) is 5.70 Å². The minimum absolute atomic E-state index is 0.00547. The summed E-state index contributed by atoms with van der Waals surface area (Å²) in [5.41, 5.74) is -0.0694. The highest BCUT2D eigenvalue weighted by Crippen LogP contribution is 2.51. The fourth-order valence-corrected chi connectivity index (χ4v) is 6.07. The molecule has 0 spiro atoms. The SMILES string of the molecule is C[C@H]1C(S[C@@H]2CN[C@H](CNS(N)(=O)=O)C2)=C(C(=O)O)N2C(=O)[C@H]([C@H](O)CO)[C@@H]12. The van der Waals surface area contributed by atoms with Crippen LogP contribution in [-0.2, 0) is 19.8 Å². The van der Waals surface area contributed by atoms with Crippen molar-refractivity contribution in [3.05, 3.63) is 10.6 Å². The van der Waals surface area contributed by atoms with E-state index in [2.05, 4.69) is 10.0 Å². The molecule has 0 aromatic carbocycles. The van der Waals surface area contributed by atoms with Crippen molar-refractivity contribution in [2.24, 2.45) is 17.0 Å². The molecule has 0 aliphatic carbocycles. The Bertz CT molecular complexity index is 802. The van der Waals surface area contributed by atoms with Gasteiger partial charge in [-0.05, 0) is 6.42 Å². The van der Waals surface area contributed by atoms with E-state index in [1.54, 1.807) is 0 Å². The number of nitrogens with two attached hydrogens (primary N) is 1. The average Bonchev–Trinajstić information content (AvgIpc) is 3.15. The van der Waals surface area contributed by atoms with Gasteiger partial charge in [-0.2, -0.15) is 8.42 Å². The van der Waals surface area contributed by atoms with Crippen molar-refractivity contribution < 1.29 is 33.3 Å². The van der Waals surface area contributed by atoms with Gasteiger partial charge in [0.05, 0.1) is 24.7 Å². The predicted molar refractivity (Wildman–Crippen MR) is 99.9 cm³/mol. The van der Waals surface area contributed by atoms with E-state index in [4.69, 9.17) is 5.14 Å². The lowest BCUT2D eigenvalue weighted by molar-refractivity contribution is -0.165. The van der Waals surface area contributed by atoms with Gasteiger partial charge < -0.3 is 25.5 Å². The van der Waals surface area contributed by atoms with Crippen LogP contribution in [0.5, 0.6) is 0 Å². The first-order valence-electron chi connectivity index (χ1n) is 8.82. The van der Waals surface area contributed by atoms with Crippen LogP contribution in [-0.4, -0.2) is 83.6 Å². The van der Waals surface area contributed by atoms with Gasteiger partial charge in [0.2, 0.25) is 5.91 Å². The summed E-state index contributed by atoms with van der Waals surface area (Å²) in [6.45, 7) is 1.92. The molecule has 3 aliphatic heterocycles. The van der Waals surface area contributed by atoms with Crippen molar-refractivity contribution in [1.29, 1.82) is 0 Å². The molecule has 0 aromatic rings. The quantitative estimate of drug-likeness (QED) is 0.222. The first-order chi connectivity index (χ1) is 13.0. The van der Waals surface area contributed by atoms with Gasteiger partial charge in [0.25, 0.3) is 10.2 Å². The van der Waals surface area contributed by atoms with Gasteiger partial charge >= 0.3 is 5.97 Å². The molecule has 0 saturated carbocycles. The Labute approximate surface area is 166 Å². The number of carboxylic acid groups (broad SMARTS) is 1. The Kier molecular flexibility index (Phi) is 6.06. The summed E-state index contributed by atoms with van der Waals surface area (Å²) < 4.78 is 24.3. The van der Waals surface area contributed by atoms with E-state index in [0.717, 1.165) is 0 Å². The van der Waals surface area contributed by atoms with Crippen LogP contribution >= 0.6 is 11.8 Å². The molecule has 28 heavy (non-hydrogen) atoms. The van der Waals surface area contributed by atoms with Gasteiger partial charge in [-0.15, -0.1) is 11.8 Å². The molecular formula is C15H24N4O7S2. The number of nitrogens with one attached hydrogen (secondary N) is 2. The van der Waals surface area contributed by atoms with Crippen molar-refractivity contribution in [3.63, 3.8) is 0 Å². The van der Waals surface area contributed by atoms with Crippen LogP contribution in [0, 0.1) is 11.8 Å². The number of hydrogen-bond donors (Lipinski definition) is 6. The van der Waals surface area contributed by atoms with E-state index in [1.165, 1.54) is 16.7 Å². The second-order valence-corrected chi connectivity index (χ2v) is 9.98. The van der Waals surface area contributed by atoms with Gasteiger partial charge in [-0.25, -0.2) is 14.7 Å². The summed E-state index contributed by atoms with van der Waals surface area (Å²) >= 11 is 1.36. The second-order valence-electron chi connectivity index (χ2n) is 7.26. The minimum atomic E-state index is -3.78. The van der Waals surface area contributed by atoms with Crippen molar-refractivity contribution in [2.45, 2.75) is 36.8 Å². The van der Waals surface area contributed by atoms with Crippen LogP contribution in [0.3, 0.4) is 0 Å². The number of carbonyl (C=O) groups is 2. The van der Waals surface area contributed by atoms with Crippen molar-refractivity contribution in [2.75, 3.05) is 19.7 Å². The standard InChI is InChI=1S/C15H24N4O7S2/c1-6-11-10(9(21)5-20)14(22)19(11)12(15(23)24)13(6)27-8-2-7(17-4-8)3-18-28(16,25)26/h6-11,17-18,20-21H,2-5H2,1H3,(H,23,24)(H2,16,25,26)/t6-,7+,8+,9-,10-,11-/m1/s1. The summed E-state index contributed by atoms with van der Waals surface area (Å²) in [5.74, 6) is -2.81. The van der Waals surface area contributed by atoms with Crippen LogP contribution in [0.1, 0.15) is 13.3 Å². The van der Waals surface area contributed by atoms with Crippen molar-refractivity contribution in [3.8, 4) is 0 Å². The molecule has 11 nitrogen and oxygen atoms in total. The molecule has 2 saturated heterocycles. The minimum Gasteiger partial charge on any atom is -0.477 e. The molecule has 158 valence electrons. The maximum Gasteiger partial charge on any atom is 0.353 e. The number of β-lactam (4-membered cyclic amide) rings is 1. The molecule has 1 amide bonds. The third kappa shape index (κ3) is 3.92. The molecule has 7 N–H and O–H groups in total. The Morgan fingerprint density at radius 1 is 1.50 bits per heavy atom. The smallest absolute Gasteiger partial charge is 0.353 e. The third-order valence-electron chi connectivity index (χ3n) is 5.40. The molecule has 0 unspecified atom stereocenters. The summed E-state index contributed by atoms with van der Waals surface area (Å²) in [6, 6.07) is -0.624. The van der Waals surface area contributed by atoms with Gasteiger partial charge in [-0.3, -0.25) is 4.79 Å². The Morgan fingerprint density at radius 3 is 2.75 bits per heavy atom. The number of fused-ring (bicyclic) bond motifs is 1. The maximum absolute atomic E-state index is 12.4. The largest absolute Gasteiger partial charge is 0.477 e. The van der Waals surface area contributed by atoms with Crippen LogP contribution in [0.15, 0.2) is 10.6 Å². The lowest BCUT2D eigenvalue weighted by Gasteiger charge is -2.46. The summed E-state index contributed by atoms with van der Waals surface area (Å²) in [5, 5.41) is 36.8. The first-order valence-corrected chi connectivity index (χ1v) is 11.2. The number of hydrogen-bond acceptors (Lipinski definition) is 8. The highest BCUT2D eigenvalue weighted by atomic mass is 32.2. The lowest BCUT2D eigenvalue weighted by Crippen LogP contribution is -2.64.